The van der Waals surface area contributed by atoms with E-state index in [0.717, 1.165) is 55.2 Å². The number of aromatic nitrogens is 2. The normalized spacial score (nSPS) is 20.9. The molecule has 0 radical (unpaired) electrons. The molecule has 3 fully saturated rings. The number of nitrogens with one attached hydrogen (secondary N) is 1. The van der Waals surface area contributed by atoms with E-state index in [1.165, 1.54) is 0 Å². The monoisotopic (exact) mass is 630 g/mol. The van der Waals surface area contributed by atoms with Gasteiger partial charge < -0.3 is 25.4 Å². The molecule has 2 aromatic carbocycles. The van der Waals surface area contributed by atoms with Crippen molar-refractivity contribution in [3.8, 4) is 23.2 Å². The standard InChI is InChI=1S/C30H27F5N6O2S/c31-21-4-3-17(22-19(10-36)27(37)44-26(21)22)23-20(30(33,34)35)9-18-25(24(23)32)39-29(43-13-14-5-7-42-8-6-14)40-28(18)41-11-15-1-2-16(12-41)38-15/h3-4,9,14-16,38H,1-2,5-8,11-13,37H2. The molecule has 2 bridgehead atoms. The molecule has 3 aliphatic rings. The molecule has 0 spiro atoms. The fourth-order valence-corrected chi connectivity index (χ4v) is 7.52. The van der Waals surface area contributed by atoms with Gasteiger partial charge in [0, 0.05) is 54.7 Å². The summed E-state index contributed by atoms with van der Waals surface area (Å²) in [6, 6.07) is 4.79. The van der Waals surface area contributed by atoms with E-state index in [0.29, 0.717) is 26.3 Å². The Morgan fingerprint density at radius 2 is 1.84 bits per heavy atom. The fraction of sp³-hybridized carbons (Fsp3) is 0.433. The van der Waals surface area contributed by atoms with E-state index in [4.69, 9.17) is 15.2 Å². The zero-order valence-corrected chi connectivity index (χ0v) is 24.1. The molecule has 2 aromatic heterocycles. The van der Waals surface area contributed by atoms with Crippen LogP contribution in [0.15, 0.2) is 18.2 Å². The second-order valence-electron chi connectivity index (χ2n) is 11.5. The number of piperazine rings is 1. The van der Waals surface area contributed by atoms with Crippen LogP contribution < -0.4 is 20.7 Å². The Morgan fingerprint density at radius 1 is 1.11 bits per heavy atom. The van der Waals surface area contributed by atoms with Gasteiger partial charge in [0.05, 0.1) is 22.4 Å². The van der Waals surface area contributed by atoms with Crippen molar-refractivity contribution in [2.24, 2.45) is 5.92 Å². The largest absolute Gasteiger partial charge is 0.463 e. The molecule has 2 atom stereocenters. The first-order valence-corrected chi connectivity index (χ1v) is 15.2. The van der Waals surface area contributed by atoms with Gasteiger partial charge in [-0.3, -0.25) is 0 Å². The van der Waals surface area contributed by atoms with Crippen LogP contribution in [0, 0.1) is 28.9 Å². The lowest BCUT2D eigenvalue weighted by Crippen LogP contribution is -2.51. The van der Waals surface area contributed by atoms with E-state index in [-0.39, 0.29) is 73.6 Å². The minimum atomic E-state index is -5.02. The fourth-order valence-electron chi connectivity index (χ4n) is 6.57. The number of rotatable bonds is 5. The summed E-state index contributed by atoms with van der Waals surface area (Å²) in [5, 5.41) is 12.9. The zero-order chi connectivity index (χ0) is 30.7. The van der Waals surface area contributed by atoms with Gasteiger partial charge in [-0.05, 0) is 49.3 Å². The number of thiophene rings is 1. The van der Waals surface area contributed by atoms with E-state index in [1.807, 2.05) is 11.0 Å². The highest BCUT2D eigenvalue weighted by atomic mass is 32.1. The van der Waals surface area contributed by atoms with Gasteiger partial charge in [0.15, 0.2) is 5.82 Å². The number of benzene rings is 2. The zero-order valence-electron chi connectivity index (χ0n) is 23.3. The van der Waals surface area contributed by atoms with Crippen LogP contribution in [0.3, 0.4) is 0 Å². The molecular weight excluding hydrogens is 603 g/mol. The second-order valence-corrected chi connectivity index (χ2v) is 12.6. The minimum absolute atomic E-state index is 0.0784. The summed E-state index contributed by atoms with van der Waals surface area (Å²) in [4.78, 5) is 10.7. The number of nitrogen functional groups attached to an aromatic ring is 1. The predicted molar refractivity (Wildman–Crippen MR) is 156 cm³/mol. The van der Waals surface area contributed by atoms with E-state index < -0.39 is 28.9 Å². The van der Waals surface area contributed by atoms with Gasteiger partial charge in [0.2, 0.25) is 0 Å². The van der Waals surface area contributed by atoms with Crippen molar-refractivity contribution < 1.29 is 31.4 Å². The van der Waals surface area contributed by atoms with Gasteiger partial charge in [0.25, 0.3) is 0 Å². The van der Waals surface area contributed by atoms with E-state index in [2.05, 4.69) is 15.3 Å². The van der Waals surface area contributed by atoms with Crippen molar-refractivity contribution in [2.75, 3.05) is 43.5 Å². The number of hydrogen-bond acceptors (Lipinski definition) is 9. The number of ether oxygens (including phenoxy) is 2. The first-order valence-electron chi connectivity index (χ1n) is 14.4. The Kier molecular flexibility index (Phi) is 7.22. The van der Waals surface area contributed by atoms with Crippen LogP contribution in [0.2, 0.25) is 0 Å². The molecule has 2 unspecified atom stereocenters. The molecule has 0 aliphatic carbocycles. The maximum Gasteiger partial charge on any atom is 0.417 e. The van der Waals surface area contributed by atoms with Crippen molar-refractivity contribution in [3.05, 3.63) is 41.0 Å². The topological polar surface area (TPSA) is 109 Å². The number of anilines is 2. The Bertz CT molecular complexity index is 1800. The molecule has 0 saturated carbocycles. The van der Waals surface area contributed by atoms with Gasteiger partial charge in [0.1, 0.15) is 28.2 Å². The summed E-state index contributed by atoms with van der Waals surface area (Å²) < 4.78 is 87.2. The summed E-state index contributed by atoms with van der Waals surface area (Å²) in [6.07, 6.45) is -1.66. The Balaban J connectivity index is 1.46. The van der Waals surface area contributed by atoms with Crippen LogP contribution in [-0.2, 0) is 10.9 Å². The first kappa shape index (κ1) is 28.9. The summed E-state index contributed by atoms with van der Waals surface area (Å²) in [6.45, 7) is 2.37. The summed E-state index contributed by atoms with van der Waals surface area (Å²) in [5.41, 5.74) is 2.93. The molecule has 7 rings (SSSR count). The molecule has 3 N–H and O–H groups in total. The number of nitrogens with two attached hydrogens (primary N) is 1. The minimum Gasteiger partial charge on any atom is -0.463 e. The third-order valence-corrected chi connectivity index (χ3v) is 9.73. The number of halogens is 5. The highest BCUT2D eigenvalue weighted by Gasteiger charge is 2.40. The molecule has 14 heteroatoms. The van der Waals surface area contributed by atoms with Crippen LogP contribution in [0.25, 0.3) is 32.1 Å². The maximum atomic E-state index is 16.8. The van der Waals surface area contributed by atoms with E-state index >= 15 is 4.39 Å². The third-order valence-electron chi connectivity index (χ3n) is 8.70. The summed E-state index contributed by atoms with van der Waals surface area (Å²) >= 11 is 0.721. The Labute approximate surface area is 252 Å². The van der Waals surface area contributed by atoms with Gasteiger partial charge in [-0.2, -0.15) is 28.4 Å². The molecule has 0 amide bonds. The number of nitriles is 1. The summed E-state index contributed by atoms with van der Waals surface area (Å²) in [7, 11) is 0. The SMILES string of the molecule is N#Cc1c(N)sc2c(F)ccc(-c3c(C(F)(F)F)cc4c(N5CC6CCC(C5)N6)nc(OCC5CCOCC5)nc4c3F)c12. The molecule has 230 valence electrons. The van der Waals surface area contributed by atoms with Crippen LogP contribution in [-0.4, -0.2) is 55.0 Å². The molecule has 5 heterocycles. The number of hydrogen-bond donors (Lipinski definition) is 2. The molecule has 3 aliphatic heterocycles. The maximum absolute atomic E-state index is 16.8. The number of alkyl halides is 3. The van der Waals surface area contributed by atoms with E-state index in [9.17, 15) is 22.8 Å². The Morgan fingerprint density at radius 3 is 2.52 bits per heavy atom. The third kappa shape index (κ3) is 4.96. The van der Waals surface area contributed by atoms with Gasteiger partial charge >= 0.3 is 12.2 Å². The second kappa shape index (κ2) is 11.0. The van der Waals surface area contributed by atoms with Crippen LogP contribution in [0.1, 0.15) is 36.8 Å². The van der Waals surface area contributed by atoms with Crippen molar-refractivity contribution >= 4 is 43.1 Å². The first-order chi connectivity index (χ1) is 21.1. The highest BCUT2D eigenvalue weighted by molar-refractivity contribution is 7.23. The lowest BCUT2D eigenvalue weighted by Gasteiger charge is -2.34. The van der Waals surface area contributed by atoms with E-state index in [1.54, 1.807) is 0 Å². The predicted octanol–water partition coefficient (Wildman–Crippen LogP) is 6.01. The van der Waals surface area contributed by atoms with Gasteiger partial charge in [-0.1, -0.05) is 6.07 Å². The molecule has 4 aromatic rings. The molecule has 8 nitrogen and oxygen atoms in total. The van der Waals surface area contributed by atoms with Crippen LogP contribution in [0.5, 0.6) is 6.01 Å². The smallest absolute Gasteiger partial charge is 0.417 e. The lowest BCUT2D eigenvalue weighted by atomic mass is 9.92. The average Bonchev–Trinajstić information content (AvgIpc) is 3.53. The Hall–Kier alpha value is -3.80. The van der Waals surface area contributed by atoms with Gasteiger partial charge in [-0.15, -0.1) is 11.3 Å². The quantitative estimate of drug-likeness (QED) is 0.258. The summed E-state index contributed by atoms with van der Waals surface area (Å²) in [5.74, 6) is -1.73. The van der Waals surface area contributed by atoms with Crippen molar-refractivity contribution in [1.29, 1.82) is 5.26 Å². The molecule has 44 heavy (non-hydrogen) atoms. The van der Waals surface area contributed by atoms with Gasteiger partial charge in [-0.25, -0.2) is 8.78 Å². The van der Waals surface area contributed by atoms with Crippen molar-refractivity contribution in [1.82, 2.24) is 15.3 Å². The molecular formula is C30H27F5N6O2S. The highest BCUT2D eigenvalue weighted by Crippen LogP contribution is 2.48. The lowest BCUT2D eigenvalue weighted by molar-refractivity contribution is -0.137. The number of nitrogens with zero attached hydrogens (tertiary/aromatic N) is 4. The molecule has 3 saturated heterocycles. The van der Waals surface area contributed by atoms with Crippen molar-refractivity contribution in [3.63, 3.8) is 0 Å². The van der Waals surface area contributed by atoms with Crippen LogP contribution >= 0.6 is 11.3 Å². The van der Waals surface area contributed by atoms with Crippen LogP contribution in [0.4, 0.5) is 32.8 Å². The van der Waals surface area contributed by atoms with Crippen molar-refractivity contribution in [2.45, 2.75) is 43.9 Å². The number of fused-ring (bicyclic) bond motifs is 4. The average molecular weight is 631 g/mol.